The fourth-order valence-electron chi connectivity index (χ4n) is 4.64. The number of carbonyl (C=O) groups excluding carboxylic acids is 2. The second-order valence-electron chi connectivity index (χ2n) is 10.7. The van der Waals surface area contributed by atoms with E-state index in [1.165, 1.54) is 17.5 Å². The highest BCUT2D eigenvalue weighted by molar-refractivity contribution is 6.93. The van der Waals surface area contributed by atoms with Crippen molar-refractivity contribution in [2.24, 2.45) is 5.92 Å². The lowest BCUT2D eigenvalue weighted by atomic mass is 9.85. The van der Waals surface area contributed by atoms with Crippen LogP contribution in [0.25, 0.3) is 0 Å². The number of rotatable bonds is 8. The van der Waals surface area contributed by atoms with Crippen LogP contribution < -0.4 is 5.38 Å². The Balaban J connectivity index is 1.69. The van der Waals surface area contributed by atoms with Crippen molar-refractivity contribution in [2.75, 3.05) is 0 Å². The first-order valence-electron chi connectivity index (χ1n) is 12.4. The molecule has 9 heteroatoms. The van der Waals surface area contributed by atoms with Crippen molar-refractivity contribution in [3.8, 4) is 0 Å². The van der Waals surface area contributed by atoms with Crippen molar-refractivity contribution in [2.45, 2.75) is 105 Å². The Hall–Kier alpha value is -1.84. The van der Waals surface area contributed by atoms with Gasteiger partial charge in [-0.3, -0.25) is 0 Å². The van der Waals surface area contributed by atoms with Crippen molar-refractivity contribution in [1.29, 1.82) is 0 Å². The van der Waals surface area contributed by atoms with E-state index in [9.17, 15) is 9.59 Å². The van der Waals surface area contributed by atoms with E-state index < -0.39 is 39.3 Å². The van der Waals surface area contributed by atoms with Crippen LogP contribution in [-0.2, 0) is 41.2 Å². The molecule has 0 bridgehead atoms. The van der Waals surface area contributed by atoms with Crippen molar-refractivity contribution < 1.29 is 32.8 Å². The number of hydrogen-bond donors (Lipinski definition) is 0. The largest absolute Gasteiger partial charge is 0.470 e. The lowest BCUT2D eigenvalue weighted by Crippen LogP contribution is -2.40. The van der Waals surface area contributed by atoms with Crippen LogP contribution in [-0.4, -0.2) is 51.5 Å². The molecule has 1 unspecified atom stereocenters. The summed E-state index contributed by atoms with van der Waals surface area (Å²) in [6, 6.07) is 0. The highest BCUT2D eigenvalue weighted by Gasteiger charge is 2.49. The van der Waals surface area contributed by atoms with Crippen molar-refractivity contribution in [3.63, 3.8) is 0 Å². The third-order valence-electron chi connectivity index (χ3n) is 6.26. The van der Waals surface area contributed by atoms with Crippen molar-refractivity contribution in [1.82, 2.24) is 0 Å². The van der Waals surface area contributed by atoms with Crippen LogP contribution in [0.5, 0.6) is 0 Å². The summed E-state index contributed by atoms with van der Waals surface area (Å²) in [4.78, 5) is 25.0. The first-order valence-corrected chi connectivity index (χ1v) is 15.5. The van der Waals surface area contributed by atoms with Crippen molar-refractivity contribution >= 4 is 32.5 Å². The quantitative estimate of drug-likeness (QED) is 0.404. The fraction of sp³-hybridized carbons (Fsp3) is 0.680. The van der Waals surface area contributed by atoms with E-state index >= 15 is 0 Å². The van der Waals surface area contributed by atoms with Gasteiger partial charge in [0.2, 0.25) is 0 Å². The van der Waals surface area contributed by atoms with Crippen LogP contribution in [0, 0.1) is 12.8 Å². The number of esters is 2. The van der Waals surface area contributed by atoms with Gasteiger partial charge in [-0.15, -0.1) is 0 Å². The summed E-state index contributed by atoms with van der Waals surface area (Å²) in [7, 11) is -2.73. The van der Waals surface area contributed by atoms with E-state index in [1.807, 2.05) is 6.08 Å². The van der Waals surface area contributed by atoms with Crippen LogP contribution in [0.3, 0.4) is 0 Å². The SMILES string of the molecule is Cc1c([Si](C)(C)/C=C/CB2O[C@H](C(=O)OC(C)C)[C@@H](C(=O)OC(C)C)O2)oc2c1CCC(C)C2. The Morgan fingerprint density at radius 3 is 2.18 bits per heavy atom. The molecule has 2 heterocycles. The van der Waals surface area contributed by atoms with Crippen LogP contribution in [0.15, 0.2) is 16.2 Å². The zero-order valence-electron chi connectivity index (χ0n) is 21.8. The molecule has 2 aliphatic rings. The minimum atomic E-state index is -2.00. The molecule has 0 radical (unpaired) electrons. The normalized spacial score (nSPS) is 23.1. The summed E-state index contributed by atoms with van der Waals surface area (Å²) in [5.74, 6) is 0.579. The predicted molar refractivity (Wildman–Crippen MR) is 134 cm³/mol. The Kier molecular flexibility index (Phi) is 8.52. The molecule has 0 spiro atoms. The summed E-state index contributed by atoms with van der Waals surface area (Å²) in [5, 5.41) is 1.12. The van der Waals surface area contributed by atoms with Gasteiger partial charge in [-0.1, -0.05) is 31.8 Å². The smallest absolute Gasteiger partial charge is 0.462 e. The van der Waals surface area contributed by atoms with Gasteiger partial charge in [0.1, 0.15) is 13.8 Å². The van der Waals surface area contributed by atoms with Gasteiger partial charge in [-0.05, 0) is 70.8 Å². The molecule has 0 N–H and O–H groups in total. The maximum Gasteiger partial charge on any atom is 0.462 e. The number of fused-ring (bicyclic) bond motifs is 1. The monoisotopic (exact) mass is 490 g/mol. The number of furan rings is 1. The highest BCUT2D eigenvalue weighted by Crippen LogP contribution is 2.30. The Bertz CT molecular complexity index is 891. The fourth-order valence-corrected chi connectivity index (χ4v) is 7.02. The van der Waals surface area contributed by atoms with Crippen LogP contribution in [0.2, 0.25) is 19.4 Å². The average Bonchev–Trinajstić information content (AvgIpc) is 3.29. The summed E-state index contributed by atoms with van der Waals surface area (Å²) in [5.41, 5.74) is 4.90. The van der Waals surface area contributed by atoms with Gasteiger partial charge in [0, 0.05) is 6.42 Å². The molecule has 1 aliphatic heterocycles. The molecule has 1 aromatic rings. The van der Waals surface area contributed by atoms with Gasteiger partial charge < -0.3 is 23.2 Å². The van der Waals surface area contributed by atoms with Gasteiger partial charge in [0.05, 0.1) is 17.6 Å². The lowest BCUT2D eigenvalue weighted by Gasteiger charge is -2.18. The molecule has 1 aromatic heterocycles. The van der Waals surface area contributed by atoms with Gasteiger partial charge in [0.25, 0.3) is 0 Å². The maximum absolute atomic E-state index is 12.5. The predicted octanol–water partition coefficient (Wildman–Crippen LogP) is 3.90. The zero-order chi connectivity index (χ0) is 25.2. The Labute approximate surface area is 204 Å². The topological polar surface area (TPSA) is 84.2 Å². The number of carbonyl (C=O) groups is 2. The summed E-state index contributed by atoms with van der Waals surface area (Å²) in [6.07, 6.45) is 2.80. The Morgan fingerprint density at radius 1 is 1.09 bits per heavy atom. The molecule has 0 amide bonds. The Morgan fingerprint density at radius 2 is 1.65 bits per heavy atom. The number of allylic oxidation sites excluding steroid dienone is 1. The average molecular weight is 490 g/mol. The van der Waals surface area contributed by atoms with E-state index in [4.69, 9.17) is 23.2 Å². The molecular weight excluding hydrogens is 451 g/mol. The third-order valence-corrected chi connectivity index (χ3v) is 8.98. The number of ether oxygens (including phenoxy) is 2. The lowest BCUT2D eigenvalue weighted by molar-refractivity contribution is -0.167. The van der Waals surface area contributed by atoms with Gasteiger partial charge in [-0.25, -0.2) is 9.59 Å². The molecule has 1 fully saturated rings. The van der Waals surface area contributed by atoms with E-state index in [2.05, 4.69) is 32.6 Å². The molecule has 1 aliphatic carbocycles. The summed E-state index contributed by atoms with van der Waals surface area (Å²) in [6.45, 7) is 16.0. The van der Waals surface area contributed by atoms with E-state index in [0.29, 0.717) is 12.2 Å². The van der Waals surface area contributed by atoms with Gasteiger partial charge >= 0.3 is 19.1 Å². The molecule has 7 nitrogen and oxygen atoms in total. The standard InChI is InChI=1S/C25H39BO7Si/c1-15(2)29-23(27)21-22(24(28)30-16(3)4)33-26(32-21)12-9-13-34(7,8)25-18(6)19-11-10-17(5)14-20(19)31-25/h9,13,15-17,21-22H,10-12,14H2,1-8H3/b13-9+/t17?,21-,22-/m0/s1. The minimum absolute atomic E-state index is 0.325. The second kappa shape index (κ2) is 10.8. The second-order valence-corrected chi connectivity index (χ2v) is 14.9. The van der Waals surface area contributed by atoms with Crippen LogP contribution >= 0.6 is 0 Å². The minimum Gasteiger partial charge on any atom is -0.470 e. The molecule has 34 heavy (non-hydrogen) atoms. The first-order chi connectivity index (χ1) is 15.9. The number of hydrogen-bond acceptors (Lipinski definition) is 7. The van der Waals surface area contributed by atoms with Crippen LogP contribution in [0.4, 0.5) is 0 Å². The third kappa shape index (κ3) is 6.23. The van der Waals surface area contributed by atoms with Gasteiger partial charge in [0.15, 0.2) is 12.2 Å². The highest BCUT2D eigenvalue weighted by atomic mass is 28.3. The van der Waals surface area contributed by atoms with E-state index in [0.717, 1.165) is 24.0 Å². The molecule has 0 aromatic carbocycles. The maximum atomic E-state index is 12.5. The molecule has 1 saturated heterocycles. The molecule has 3 atom stereocenters. The first kappa shape index (κ1) is 26.8. The van der Waals surface area contributed by atoms with Crippen molar-refractivity contribution in [3.05, 3.63) is 28.7 Å². The van der Waals surface area contributed by atoms with Gasteiger partial charge in [-0.2, -0.15) is 0 Å². The molecule has 3 rings (SSSR count). The molecular formula is C25H39BO7Si. The molecule has 0 saturated carbocycles. The summed E-state index contributed by atoms with van der Waals surface area (Å²) < 4.78 is 28.5. The zero-order valence-corrected chi connectivity index (χ0v) is 22.8. The van der Waals surface area contributed by atoms with E-state index in [-0.39, 0.29) is 12.2 Å². The van der Waals surface area contributed by atoms with Crippen LogP contribution in [0.1, 0.15) is 57.9 Å². The van der Waals surface area contributed by atoms with E-state index in [1.54, 1.807) is 27.7 Å². The molecule has 188 valence electrons. The summed E-state index contributed by atoms with van der Waals surface area (Å²) >= 11 is 0.